The van der Waals surface area contributed by atoms with Gasteiger partial charge in [-0.15, -0.1) is 0 Å². The average molecular weight is 385 g/mol. The van der Waals surface area contributed by atoms with Crippen molar-refractivity contribution in [1.82, 2.24) is 5.16 Å². The first-order valence-corrected chi connectivity index (χ1v) is 9.19. The molecular weight excluding hydrogens is 362 g/mol. The molecule has 2 amide bonds. The Labute approximate surface area is 162 Å². The van der Waals surface area contributed by atoms with Gasteiger partial charge in [-0.3, -0.25) is 9.59 Å². The van der Waals surface area contributed by atoms with Crippen molar-refractivity contribution in [1.29, 1.82) is 0 Å². The molecule has 1 aromatic carbocycles. The van der Waals surface area contributed by atoms with Crippen molar-refractivity contribution in [2.75, 3.05) is 17.7 Å². The number of carbonyl (C=O) groups excluding carboxylic acids is 3. The van der Waals surface area contributed by atoms with Crippen molar-refractivity contribution >= 4 is 29.3 Å². The second kappa shape index (κ2) is 8.69. The van der Waals surface area contributed by atoms with Gasteiger partial charge in [0.05, 0.1) is 12.7 Å². The second-order valence-electron chi connectivity index (χ2n) is 6.92. The van der Waals surface area contributed by atoms with Crippen molar-refractivity contribution < 1.29 is 23.6 Å². The molecule has 0 spiro atoms. The van der Waals surface area contributed by atoms with Gasteiger partial charge in [-0.1, -0.05) is 11.2 Å². The molecule has 3 rings (SSSR count). The summed E-state index contributed by atoms with van der Waals surface area (Å²) in [5.41, 5.74) is 0.929. The molecule has 0 radical (unpaired) electrons. The smallest absolute Gasteiger partial charge is 0.337 e. The summed E-state index contributed by atoms with van der Waals surface area (Å²) in [4.78, 5) is 36.5. The fourth-order valence-electron chi connectivity index (χ4n) is 3.36. The number of hydrogen-bond acceptors (Lipinski definition) is 6. The van der Waals surface area contributed by atoms with Crippen molar-refractivity contribution in [2.45, 2.75) is 32.6 Å². The number of ether oxygens (including phenoxy) is 1. The molecule has 0 bridgehead atoms. The number of nitrogens with one attached hydrogen (secondary N) is 2. The van der Waals surface area contributed by atoms with E-state index in [1.54, 1.807) is 37.3 Å². The fourth-order valence-corrected chi connectivity index (χ4v) is 3.36. The highest BCUT2D eigenvalue weighted by molar-refractivity contribution is 5.96. The van der Waals surface area contributed by atoms with Gasteiger partial charge < -0.3 is 19.9 Å². The minimum Gasteiger partial charge on any atom is -0.465 e. The van der Waals surface area contributed by atoms with Gasteiger partial charge in [0.2, 0.25) is 11.8 Å². The van der Waals surface area contributed by atoms with Crippen LogP contribution < -0.4 is 10.6 Å². The number of aryl methyl sites for hydroxylation is 1. The van der Waals surface area contributed by atoms with Crippen LogP contribution in [0.5, 0.6) is 0 Å². The quantitative estimate of drug-likeness (QED) is 0.765. The topological polar surface area (TPSA) is 111 Å². The Kier molecular flexibility index (Phi) is 6.08. The molecule has 1 fully saturated rings. The zero-order valence-corrected chi connectivity index (χ0v) is 15.9. The maximum Gasteiger partial charge on any atom is 0.337 e. The van der Waals surface area contributed by atoms with Gasteiger partial charge in [0.25, 0.3) is 0 Å². The largest absolute Gasteiger partial charge is 0.465 e. The molecular formula is C20H23N3O5. The van der Waals surface area contributed by atoms with E-state index in [4.69, 9.17) is 9.26 Å². The lowest BCUT2D eigenvalue weighted by molar-refractivity contribution is -0.125. The highest BCUT2D eigenvalue weighted by Crippen LogP contribution is 2.30. The first-order chi connectivity index (χ1) is 13.5. The van der Waals surface area contributed by atoms with Crippen molar-refractivity contribution in [3.05, 3.63) is 41.7 Å². The van der Waals surface area contributed by atoms with Crippen LogP contribution in [0.3, 0.4) is 0 Å². The van der Waals surface area contributed by atoms with Crippen LogP contribution in [-0.2, 0) is 14.3 Å². The molecule has 8 heteroatoms. The number of amides is 2. The number of benzene rings is 1. The maximum absolute atomic E-state index is 12.5. The Morgan fingerprint density at radius 2 is 1.68 bits per heavy atom. The predicted octanol–water partition coefficient (Wildman–Crippen LogP) is 3.15. The number of nitrogens with zero attached hydrogens (tertiary/aromatic N) is 1. The molecule has 2 aromatic rings. The molecule has 1 heterocycles. The maximum atomic E-state index is 12.5. The molecule has 1 aliphatic rings. The van der Waals surface area contributed by atoms with Crippen LogP contribution >= 0.6 is 0 Å². The van der Waals surface area contributed by atoms with Gasteiger partial charge in [0, 0.05) is 23.6 Å². The first kappa shape index (κ1) is 19.6. The number of methoxy groups -OCH3 is 1. The Morgan fingerprint density at radius 3 is 2.25 bits per heavy atom. The number of anilines is 2. The summed E-state index contributed by atoms with van der Waals surface area (Å²) in [5.74, 6) is 0.0690. The minimum atomic E-state index is -0.454. The zero-order chi connectivity index (χ0) is 20.1. The summed E-state index contributed by atoms with van der Waals surface area (Å²) in [6.07, 6.45) is 2.50. The fraction of sp³-hybridized carbons (Fsp3) is 0.400. The minimum absolute atomic E-state index is 0.0991. The van der Waals surface area contributed by atoms with Crippen LogP contribution in [0.1, 0.15) is 41.8 Å². The van der Waals surface area contributed by atoms with E-state index in [0.717, 1.165) is 0 Å². The van der Waals surface area contributed by atoms with E-state index in [9.17, 15) is 14.4 Å². The Morgan fingerprint density at radius 1 is 1.04 bits per heavy atom. The van der Waals surface area contributed by atoms with E-state index in [-0.39, 0.29) is 23.7 Å². The Balaban J connectivity index is 1.51. The molecule has 1 aliphatic carbocycles. The average Bonchev–Trinajstić information content (AvgIpc) is 3.12. The third kappa shape index (κ3) is 4.76. The first-order valence-electron chi connectivity index (χ1n) is 9.19. The molecule has 0 unspecified atom stereocenters. The number of hydrogen-bond donors (Lipinski definition) is 2. The van der Waals surface area contributed by atoms with Crippen molar-refractivity contribution in [3.8, 4) is 0 Å². The third-order valence-corrected chi connectivity index (χ3v) is 4.90. The second-order valence-corrected chi connectivity index (χ2v) is 6.92. The van der Waals surface area contributed by atoms with E-state index in [1.165, 1.54) is 7.11 Å². The van der Waals surface area contributed by atoms with E-state index in [2.05, 4.69) is 15.8 Å². The summed E-state index contributed by atoms with van der Waals surface area (Å²) in [6.45, 7) is 1.76. The van der Waals surface area contributed by atoms with E-state index < -0.39 is 5.97 Å². The molecule has 8 nitrogen and oxygen atoms in total. The molecule has 0 aliphatic heterocycles. The molecule has 148 valence electrons. The lowest BCUT2D eigenvalue weighted by Crippen LogP contribution is -2.32. The molecule has 2 N–H and O–H groups in total. The van der Waals surface area contributed by atoms with Gasteiger partial charge in [-0.25, -0.2) is 4.79 Å². The predicted molar refractivity (Wildman–Crippen MR) is 102 cm³/mol. The van der Waals surface area contributed by atoms with Crippen LogP contribution in [0.15, 0.2) is 34.9 Å². The van der Waals surface area contributed by atoms with Crippen LogP contribution in [0.4, 0.5) is 11.5 Å². The Bertz CT molecular complexity index is 868. The SMILES string of the molecule is COC(=O)c1cccc(NC(=O)C2CCC(C(=O)Nc3cc(C)on3)CC2)c1. The normalized spacial score (nSPS) is 18.9. The van der Waals surface area contributed by atoms with Gasteiger partial charge >= 0.3 is 5.97 Å². The Hall–Kier alpha value is -3.16. The molecule has 1 saturated carbocycles. The van der Waals surface area contributed by atoms with Crippen molar-refractivity contribution in [2.24, 2.45) is 11.8 Å². The highest BCUT2D eigenvalue weighted by atomic mass is 16.5. The lowest BCUT2D eigenvalue weighted by Gasteiger charge is -2.26. The number of rotatable bonds is 5. The molecule has 0 atom stereocenters. The summed E-state index contributed by atoms with van der Waals surface area (Å²) in [7, 11) is 1.31. The van der Waals surface area contributed by atoms with Gasteiger partial charge in [0.1, 0.15) is 5.76 Å². The van der Waals surface area contributed by atoms with Crippen LogP contribution in [0.25, 0.3) is 0 Å². The van der Waals surface area contributed by atoms with Crippen LogP contribution in [0.2, 0.25) is 0 Å². The number of aromatic nitrogens is 1. The summed E-state index contributed by atoms with van der Waals surface area (Å²) < 4.78 is 9.63. The van der Waals surface area contributed by atoms with E-state index in [1.807, 2.05) is 0 Å². The molecule has 28 heavy (non-hydrogen) atoms. The van der Waals surface area contributed by atoms with Crippen LogP contribution in [-0.4, -0.2) is 30.1 Å². The van der Waals surface area contributed by atoms with Crippen molar-refractivity contribution in [3.63, 3.8) is 0 Å². The summed E-state index contributed by atoms with van der Waals surface area (Å²) in [5, 5.41) is 9.36. The number of esters is 1. The van der Waals surface area contributed by atoms with Gasteiger partial charge in [0.15, 0.2) is 5.82 Å². The van der Waals surface area contributed by atoms with E-state index >= 15 is 0 Å². The summed E-state index contributed by atoms with van der Waals surface area (Å²) in [6, 6.07) is 8.29. The number of carbonyl (C=O) groups is 3. The monoisotopic (exact) mass is 385 g/mol. The highest BCUT2D eigenvalue weighted by Gasteiger charge is 2.30. The summed E-state index contributed by atoms with van der Waals surface area (Å²) >= 11 is 0. The molecule has 0 saturated heterocycles. The van der Waals surface area contributed by atoms with Crippen LogP contribution in [0, 0.1) is 18.8 Å². The third-order valence-electron chi connectivity index (χ3n) is 4.90. The molecule has 1 aromatic heterocycles. The zero-order valence-electron chi connectivity index (χ0n) is 15.9. The van der Waals surface area contributed by atoms with Gasteiger partial charge in [-0.2, -0.15) is 0 Å². The van der Waals surface area contributed by atoms with Gasteiger partial charge in [-0.05, 0) is 50.8 Å². The lowest BCUT2D eigenvalue weighted by atomic mass is 9.81. The standard InChI is InChI=1S/C20H23N3O5/c1-12-10-17(23-28-12)22-19(25)14-8-6-13(7-9-14)18(24)21-16-5-3-4-15(11-16)20(26)27-2/h3-5,10-11,13-14H,6-9H2,1-2H3,(H,21,24)(H,22,23,25). The van der Waals surface area contributed by atoms with E-state index in [0.29, 0.717) is 48.5 Å².